The van der Waals surface area contributed by atoms with Crippen LogP contribution >= 0.6 is 0 Å². The standard InChI is InChI=1S/C9H9N3O/c1-7(13)11-8-3-6-12-5-2-4-10-9(8)12/h2-6H,1H3,(H,11,13). The highest BCUT2D eigenvalue weighted by Gasteiger charge is 2.02. The molecule has 13 heavy (non-hydrogen) atoms. The third-order valence-corrected chi connectivity index (χ3v) is 1.73. The number of hydrogen-bond acceptors (Lipinski definition) is 2. The van der Waals surface area contributed by atoms with Crippen molar-refractivity contribution in [3.63, 3.8) is 0 Å². The van der Waals surface area contributed by atoms with E-state index >= 15 is 0 Å². The van der Waals surface area contributed by atoms with Crippen molar-refractivity contribution in [2.45, 2.75) is 6.92 Å². The molecule has 4 nitrogen and oxygen atoms in total. The number of nitrogens with zero attached hydrogens (tertiary/aromatic N) is 2. The van der Waals surface area contributed by atoms with Gasteiger partial charge in [-0.2, -0.15) is 0 Å². The Balaban J connectivity index is 2.51. The Hall–Kier alpha value is -1.84. The smallest absolute Gasteiger partial charge is 0.221 e. The molecule has 1 amide bonds. The van der Waals surface area contributed by atoms with Gasteiger partial charge in [0.15, 0.2) is 5.65 Å². The molecular formula is C9H9N3O. The summed E-state index contributed by atoms with van der Waals surface area (Å²) in [6.07, 6.45) is 5.43. The second kappa shape index (κ2) is 2.90. The van der Waals surface area contributed by atoms with Crippen LogP contribution in [0.15, 0.2) is 30.7 Å². The third-order valence-electron chi connectivity index (χ3n) is 1.73. The lowest BCUT2D eigenvalue weighted by Crippen LogP contribution is -2.05. The van der Waals surface area contributed by atoms with Crippen LogP contribution in [0.3, 0.4) is 0 Å². The van der Waals surface area contributed by atoms with Crippen LogP contribution in [0.1, 0.15) is 6.92 Å². The van der Waals surface area contributed by atoms with Gasteiger partial charge in [-0.15, -0.1) is 0 Å². The molecule has 0 unspecified atom stereocenters. The van der Waals surface area contributed by atoms with E-state index in [4.69, 9.17) is 0 Å². The fourth-order valence-corrected chi connectivity index (χ4v) is 1.23. The maximum absolute atomic E-state index is 10.8. The predicted molar refractivity (Wildman–Crippen MR) is 49.5 cm³/mol. The Morgan fingerprint density at radius 1 is 1.54 bits per heavy atom. The average molecular weight is 175 g/mol. The Bertz CT molecular complexity index is 447. The highest BCUT2D eigenvalue weighted by atomic mass is 16.1. The Kier molecular flexibility index (Phi) is 1.73. The third kappa shape index (κ3) is 1.38. The summed E-state index contributed by atoms with van der Waals surface area (Å²) in [7, 11) is 0. The molecule has 0 aliphatic carbocycles. The molecular weight excluding hydrogens is 166 g/mol. The van der Waals surface area contributed by atoms with Gasteiger partial charge in [-0.3, -0.25) is 4.79 Å². The SMILES string of the molecule is CC(=O)Nc1ccn2cccnc12. The number of carbonyl (C=O) groups excluding carboxylic acids is 1. The van der Waals surface area contributed by atoms with Gasteiger partial charge in [-0.05, 0) is 12.1 Å². The van der Waals surface area contributed by atoms with Gasteiger partial charge in [0, 0.05) is 25.5 Å². The molecule has 0 aliphatic rings. The van der Waals surface area contributed by atoms with E-state index in [-0.39, 0.29) is 5.91 Å². The molecule has 0 radical (unpaired) electrons. The first-order valence-electron chi connectivity index (χ1n) is 3.96. The van der Waals surface area contributed by atoms with Crippen LogP contribution in [-0.2, 0) is 4.79 Å². The van der Waals surface area contributed by atoms with E-state index in [1.165, 1.54) is 6.92 Å². The number of nitrogens with one attached hydrogen (secondary N) is 1. The van der Waals surface area contributed by atoms with Gasteiger partial charge in [-0.1, -0.05) is 0 Å². The molecule has 4 heteroatoms. The minimum Gasteiger partial charge on any atom is -0.323 e. The van der Waals surface area contributed by atoms with Crippen LogP contribution in [0.5, 0.6) is 0 Å². The lowest BCUT2D eigenvalue weighted by molar-refractivity contribution is -0.114. The second-order valence-electron chi connectivity index (χ2n) is 2.76. The van der Waals surface area contributed by atoms with Crippen LogP contribution in [0.2, 0.25) is 0 Å². The van der Waals surface area contributed by atoms with Crippen molar-refractivity contribution in [3.8, 4) is 0 Å². The molecule has 0 spiro atoms. The van der Waals surface area contributed by atoms with Crippen molar-refractivity contribution in [1.29, 1.82) is 0 Å². The average Bonchev–Trinajstić information content (AvgIpc) is 2.48. The fourth-order valence-electron chi connectivity index (χ4n) is 1.23. The Morgan fingerprint density at radius 2 is 2.38 bits per heavy atom. The van der Waals surface area contributed by atoms with Gasteiger partial charge in [-0.25, -0.2) is 4.98 Å². The summed E-state index contributed by atoms with van der Waals surface area (Å²) in [6, 6.07) is 3.66. The normalized spacial score (nSPS) is 10.2. The van der Waals surface area contributed by atoms with Gasteiger partial charge >= 0.3 is 0 Å². The minimum atomic E-state index is -0.0845. The summed E-state index contributed by atoms with van der Waals surface area (Å²) < 4.78 is 1.85. The van der Waals surface area contributed by atoms with Crippen molar-refractivity contribution in [1.82, 2.24) is 9.38 Å². The van der Waals surface area contributed by atoms with Crippen LogP contribution in [0, 0.1) is 0 Å². The lowest BCUT2D eigenvalue weighted by atomic mass is 10.5. The highest BCUT2D eigenvalue weighted by Crippen LogP contribution is 2.14. The van der Waals surface area contributed by atoms with Crippen LogP contribution in [0.4, 0.5) is 5.69 Å². The Morgan fingerprint density at radius 3 is 3.15 bits per heavy atom. The monoisotopic (exact) mass is 175 g/mol. The molecule has 2 heterocycles. The lowest BCUT2D eigenvalue weighted by Gasteiger charge is -1.98. The molecule has 1 N–H and O–H groups in total. The van der Waals surface area contributed by atoms with E-state index in [0.29, 0.717) is 0 Å². The number of aromatic nitrogens is 2. The van der Waals surface area contributed by atoms with Crippen molar-refractivity contribution in [2.75, 3.05) is 5.32 Å². The first-order chi connectivity index (χ1) is 6.27. The molecule has 66 valence electrons. The van der Waals surface area contributed by atoms with Crippen LogP contribution in [-0.4, -0.2) is 15.3 Å². The van der Waals surface area contributed by atoms with E-state index in [2.05, 4.69) is 10.3 Å². The summed E-state index contributed by atoms with van der Waals surface area (Å²) >= 11 is 0. The highest BCUT2D eigenvalue weighted by molar-refractivity contribution is 5.92. The van der Waals surface area contributed by atoms with E-state index in [1.54, 1.807) is 6.20 Å². The van der Waals surface area contributed by atoms with Gasteiger partial charge in [0.2, 0.25) is 5.91 Å². The predicted octanol–water partition coefficient (Wildman–Crippen LogP) is 1.29. The van der Waals surface area contributed by atoms with E-state index in [1.807, 2.05) is 28.9 Å². The zero-order valence-electron chi connectivity index (χ0n) is 7.19. The quantitative estimate of drug-likeness (QED) is 0.709. The van der Waals surface area contributed by atoms with E-state index in [0.717, 1.165) is 11.3 Å². The molecule has 0 aromatic carbocycles. The zero-order chi connectivity index (χ0) is 9.26. The number of fused-ring (bicyclic) bond motifs is 1. The van der Waals surface area contributed by atoms with Crippen LogP contribution < -0.4 is 5.32 Å². The summed E-state index contributed by atoms with van der Waals surface area (Å²) in [5, 5.41) is 2.71. The van der Waals surface area contributed by atoms with Gasteiger partial charge in [0.25, 0.3) is 0 Å². The molecule has 0 fully saturated rings. The molecule has 0 atom stereocenters. The summed E-state index contributed by atoms with van der Waals surface area (Å²) in [6.45, 7) is 1.48. The molecule has 2 aromatic heterocycles. The maximum atomic E-state index is 10.8. The van der Waals surface area contributed by atoms with Crippen molar-refractivity contribution in [3.05, 3.63) is 30.7 Å². The maximum Gasteiger partial charge on any atom is 0.221 e. The fraction of sp³-hybridized carbons (Fsp3) is 0.111. The molecule has 2 aromatic rings. The number of anilines is 1. The van der Waals surface area contributed by atoms with E-state index < -0.39 is 0 Å². The summed E-state index contributed by atoms with van der Waals surface area (Å²) in [4.78, 5) is 14.9. The first-order valence-corrected chi connectivity index (χ1v) is 3.96. The number of hydrogen-bond donors (Lipinski definition) is 1. The van der Waals surface area contributed by atoms with Gasteiger partial charge in [0.05, 0.1) is 5.69 Å². The van der Waals surface area contributed by atoms with Gasteiger partial charge < -0.3 is 9.72 Å². The van der Waals surface area contributed by atoms with E-state index in [9.17, 15) is 4.79 Å². The van der Waals surface area contributed by atoms with Gasteiger partial charge in [0.1, 0.15) is 0 Å². The zero-order valence-corrected chi connectivity index (χ0v) is 7.19. The molecule has 0 saturated heterocycles. The summed E-state index contributed by atoms with van der Waals surface area (Å²) in [5.74, 6) is -0.0845. The van der Waals surface area contributed by atoms with Crippen LogP contribution in [0.25, 0.3) is 5.65 Å². The molecule has 0 aliphatic heterocycles. The largest absolute Gasteiger partial charge is 0.323 e. The van der Waals surface area contributed by atoms with Crippen molar-refractivity contribution >= 4 is 17.2 Å². The van der Waals surface area contributed by atoms with Crippen molar-refractivity contribution < 1.29 is 4.79 Å². The second-order valence-corrected chi connectivity index (χ2v) is 2.76. The van der Waals surface area contributed by atoms with Crippen molar-refractivity contribution in [2.24, 2.45) is 0 Å². The molecule has 2 rings (SSSR count). The first kappa shape index (κ1) is 7.79. The molecule has 0 bridgehead atoms. The number of carbonyl (C=O) groups is 1. The summed E-state index contributed by atoms with van der Waals surface area (Å²) in [5.41, 5.74) is 1.51. The number of amides is 1. The Labute approximate surface area is 75.2 Å². The molecule has 0 saturated carbocycles. The topological polar surface area (TPSA) is 46.4 Å². The minimum absolute atomic E-state index is 0.0845. The number of rotatable bonds is 1.